The van der Waals surface area contributed by atoms with E-state index in [1.165, 1.54) is 0 Å². The molecule has 6 atom stereocenters. The second-order valence-electron chi connectivity index (χ2n) is 6.85. The maximum atomic E-state index is 10.8. The van der Waals surface area contributed by atoms with Gasteiger partial charge in [0.15, 0.2) is 0 Å². The molecule has 4 nitrogen and oxygen atoms in total. The number of aliphatic hydroxyl groups is 1. The molecular formula is C21H40O4. The smallest absolute Gasteiger partial charge is 0.146 e. The third-order valence-corrected chi connectivity index (χ3v) is 4.96. The van der Waals surface area contributed by atoms with Crippen LogP contribution in [0.25, 0.3) is 0 Å². The molecule has 0 saturated heterocycles. The first-order chi connectivity index (χ1) is 12.0. The minimum Gasteiger partial charge on any atom is -0.393 e. The molecule has 0 saturated carbocycles. The lowest BCUT2D eigenvalue weighted by Gasteiger charge is -2.34. The molecule has 0 bridgehead atoms. The van der Waals surface area contributed by atoms with Crippen LogP contribution in [0.4, 0.5) is 0 Å². The lowest BCUT2D eigenvalue weighted by atomic mass is 9.83. The van der Waals surface area contributed by atoms with Crippen molar-refractivity contribution in [3.63, 3.8) is 0 Å². The lowest BCUT2D eigenvalue weighted by molar-refractivity contribution is -0.111. The number of methoxy groups -OCH3 is 2. The van der Waals surface area contributed by atoms with Crippen LogP contribution in [0, 0.1) is 17.8 Å². The summed E-state index contributed by atoms with van der Waals surface area (Å²) in [5.74, 6) is 0.646. The van der Waals surface area contributed by atoms with Crippen LogP contribution in [0.2, 0.25) is 0 Å². The Bertz CT molecular complexity index is 367. The number of allylic oxidation sites excluding steroid dienone is 3. The van der Waals surface area contributed by atoms with E-state index < -0.39 is 6.10 Å². The van der Waals surface area contributed by atoms with E-state index in [0.29, 0.717) is 12.3 Å². The number of aliphatic hydroxyl groups excluding tert-OH is 1. The SMILES string of the molecule is C/C=C/C[C@H](C)[C@@H](OC)[C@@H](C)[C@H](O)C[C@@H](OCOC)[C@@H](/C=C/C)CC. The van der Waals surface area contributed by atoms with Crippen molar-refractivity contribution >= 4 is 0 Å². The van der Waals surface area contributed by atoms with Crippen LogP contribution in [0.1, 0.15) is 53.9 Å². The van der Waals surface area contributed by atoms with Gasteiger partial charge in [-0.2, -0.15) is 0 Å². The van der Waals surface area contributed by atoms with Gasteiger partial charge in [-0.05, 0) is 32.6 Å². The summed E-state index contributed by atoms with van der Waals surface area (Å²) < 4.78 is 16.7. The van der Waals surface area contributed by atoms with Crippen LogP contribution >= 0.6 is 0 Å². The Morgan fingerprint density at radius 1 is 1.08 bits per heavy atom. The van der Waals surface area contributed by atoms with E-state index in [1.807, 2.05) is 19.9 Å². The molecule has 0 aromatic carbocycles. The second-order valence-corrected chi connectivity index (χ2v) is 6.85. The van der Waals surface area contributed by atoms with Gasteiger partial charge in [0, 0.05) is 32.5 Å². The average Bonchev–Trinajstić information content (AvgIpc) is 2.61. The summed E-state index contributed by atoms with van der Waals surface area (Å²) in [5.41, 5.74) is 0. The second kappa shape index (κ2) is 14.5. The van der Waals surface area contributed by atoms with Crippen LogP contribution in [-0.2, 0) is 14.2 Å². The van der Waals surface area contributed by atoms with Crippen molar-refractivity contribution in [3.05, 3.63) is 24.3 Å². The summed E-state index contributed by atoms with van der Waals surface area (Å²) in [6.45, 7) is 10.7. The van der Waals surface area contributed by atoms with Gasteiger partial charge in [-0.3, -0.25) is 0 Å². The molecule has 0 radical (unpaired) electrons. The normalized spacial score (nSPS) is 19.8. The van der Waals surface area contributed by atoms with Gasteiger partial charge in [0.25, 0.3) is 0 Å². The maximum absolute atomic E-state index is 10.8. The molecule has 0 spiro atoms. The van der Waals surface area contributed by atoms with Crippen LogP contribution in [-0.4, -0.2) is 44.4 Å². The van der Waals surface area contributed by atoms with Crippen molar-refractivity contribution in [2.75, 3.05) is 21.0 Å². The fourth-order valence-corrected chi connectivity index (χ4v) is 3.41. The van der Waals surface area contributed by atoms with Gasteiger partial charge < -0.3 is 19.3 Å². The van der Waals surface area contributed by atoms with Gasteiger partial charge in [0.1, 0.15) is 6.79 Å². The summed E-state index contributed by atoms with van der Waals surface area (Å²) in [5, 5.41) is 10.8. The quantitative estimate of drug-likeness (QED) is 0.365. The first kappa shape index (κ1) is 24.3. The predicted molar refractivity (Wildman–Crippen MR) is 105 cm³/mol. The maximum Gasteiger partial charge on any atom is 0.146 e. The van der Waals surface area contributed by atoms with Gasteiger partial charge in [0.05, 0.1) is 18.3 Å². The number of ether oxygens (including phenoxy) is 3. The highest BCUT2D eigenvalue weighted by Gasteiger charge is 2.31. The molecular weight excluding hydrogens is 316 g/mol. The van der Waals surface area contributed by atoms with E-state index in [9.17, 15) is 5.11 Å². The third kappa shape index (κ3) is 9.00. The minimum absolute atomic E-state index is 0.0102. The molecule has 0 rings (SSSR count). The van der Waals surface area contributed by atoms with E-state index in [1.54, 1.807) is 14.2 Å². The van der Waals surface area contributed by atoms with Gasteiger partial charge in [-0.1, -0.05) is 45.1 Å². The Hall–Kier alpha value is -0.680. The predicted octanol–water partition coefficient (Wildman–Crippen LogP) is 4.58. The molecule has 1 N–H and O–H groups in total. The Morgan fingerprint density at radius 2 is 1.76 bits per heavy atom. The van der Waals surface area contributed by atoms with Crippen molar-refractivity contribution in [1.29, 1.82) is 0 Å². The van der Waals surface area contributed by atoms with Gasteiger partial charge in [-0.15, -0.1) is 0 Å². The van der Waals surface area contributed by atoms with E-state index >= 15 is 0 Å². The van der Waals surface area contributed by atoms with Crippen molar-refractivity contribution in [2.45, 2.75) is 72.2 Å². The molecule has 148 valence electrons. The van der Waals surface area contributed by atoms with Crippen LogP contribution < -0.4 is 0 Å². The average molecular weight is 357 g/mol. The van der Waals surface area contributed by atoms with Crippen molar-refractivity contribution in [3.8, 4) is 0 Å². The molecule has 4 heteroatoms. The molecule has 0 heterocycles. The largest absolute Gasteiger partial charge is 0.393 e. The number of hydrogen-bond acceptors (Lipinski definition) is 4. The monoisotopic (exact) mass is 356 g/mol. The zero-order chi connectivity index (χ0) is 19.2. The Balaban J connectivity index is 5.00. The highest BCUT2D eigenvalue weighted by molar-refractivity contribution is 4.92. The first-order valence-corrected chi connectivity index (χ1v) is 9.51. The Kier molecular flexibility index (Phi) is 14.1. The number of rotatable bonds is 14. The van der Waals surface area contributed by atoms with Crippen LogP contribution in [0.3, 0.4) is 0 Å². The van der Waals surface area contributed by atoms with Gasteiger partial charge in [-0.25, -0.2) is 0 Å². The lowest BCUT2D eigenvalue weighted by Crippen LogP contribution is -2.39. The molecule has 0 aromatic rings. The summed E-state index contributed by atoms with van der Waals surface area (Å²) in [4.78, 5) is 0. The molecule has 0 aromatic heterocycles. The molecule has 0 unspecified atom stereocenters. The van der Waals surface area contributed by atoms with Crippen LogP contribution in [0.5, 0.6) is 0 Å². The Morgan fingerprint density at radius 3 is 2.24 bits per heavy atom. The van der Waals surface area contributed by atoms with Crippen molar-refractivity contribution < 1.29 is 19.3 Å². The highest BCUT2D eigenvalue weighted by atomic mass is 16.7. The third-order valence-electron chi connectivity index (χ3n) is 4.96. The molecule has 0 fully saturated rings. The first-order valence-electron chi connectivity index (χ1n) is 9.51. The molecule has 25 heavy (non-hydrogen) atoms. The standard InChI is InChI=1S/C21H40O4/c1-8-11-13-16(4)21(24-7)17(5)19(22)14-20(25-15-23-6)18(10-3)12-9-2/h8-9,11-12,16-22H,10,13-15H2,1-7H3/b11-8+,12-9+/t16-,17-,18+,19+,20+,21+/m0/s1. The van der Waals surface area contributed by atoms with Gasteiger partial charge in [0.2, 0.25) is 0 Å². The molecule has 0 aliphatic carbocycles. The van der Waals surface area contributed by atoms with Gasteiger partial charge >= 0.3 is 0 Å². The summed E-state index contributed by atoms with van der Waals surface area (Å²) in [6, 6.07) is 0. The van der Waals surface area contributed by atoms with Crippen molar-refractivity contribution in [2.24, 2.45) is 17.8 Å². The van der Waals surface area contributed by atoms with E-state index in [4.69, 9.17) is 14.2 Å². The molecule has 0 aliphatic heterocycles. The zero-order valence-electron chi connectivity index (χ0n) is 17.3. The van der Waals surface area contributed by atoms with E-state index in [2.05, 4.69) is 39.0 Å². The summed E-state index contributed by atoms with van der Waals surface area (Å²) in [6.07, 6.45) is 10.4. The highest BCUT2D eigenvalue weighted by Crippen LogP contribution is 2.27. The van der Waals surface area contributed by atoms with Crippen molar-refractivity contribution in [1.82, 2.24) is 0 Å². The van der Waals surface area contributed by atoms with Crippen LogP contribution in [0.15, 0.2) is 24.3 Å². The fraction of sp³-hybridized carbons (Fsp3) is 0.810. The van der Waals surface area contributed by atoms with E-state index in [-0.39, 0.29) is 30.8 Å². The zero-order valence-corrected chi connectivity index (χ0v) is 17.3. The minimum atomic E-state index is -0.487. The topological polar surface area (TPSA) is 47.9 Å². The van der Waals surface area contributed by atoms with E-state index in [0.717, 1.165) is 12.8 Å². The Labute approximate surface area is 155 Å². The summed E-state index contributed by atoms with van der Waals surface area (Å²) >= 11 is 0. The number of hydrogen-bond donors (Lipinski definition) is 1. The molecule has 0 aliphatic rings. The molecule has 0 amide bonds. The summed E-state index contributed by atoms with van der Waals surface area (Å²) in [7, 11) is 3.35. The fourth-order valence-electron chi connectivity index (χ4n) is 3.41.